The standard InChI is InChI=1S/C90H64N6/c1-88(2)73-25-13-7-19-61(73)70-47-54(36-44-76(70)88)57-33-41-67-64-22-10-16-28-79(64)94(82(67)50-57)60-39-31-53(32-40-60)85-91-86(95-80-29-17-11-23-65(80)68-42-34-58(51-83(68)95)55-37-45-77-71(48-55)62-20-8-14-26-74(62)89(77,3)4)93-87(92-85)96-81-30-18-12-24-66(81)69-43-35-59(52-84(69)96)56-38-46-78-72(49-56)63-21-9-15-27-75(63)90(78,5)6/h7-52H,1-6H3. The van der Waals surface area contributed by atoms with Crippen LogP contribution in [0.5, 0.6) is 0 Å². The zero-order valence-electron chi connectivity index (χ0n) is 54.2. The van der Waals surface area contributed by atoms with Crippen molar-refractivity contribution in [2.24, 2.45) is 0 Å². The molecular formula is C90H64N6. The largest absolute Gasteiger partial charge is 0.309 e. The minimum Gasteiger partial charge on any atom is -0.309 e. The second-order valence-electron chi connectivity index (χ2n) is 28.4. The SMILES string of the molecule is CC1(C)c2ccccc2-c2cc(-c3ccc4c5ccccc5n(-c5ccc(-c6nc(-n7c8ccccc8c8ccc(-c9ccc%10c(c9)-c9ccccc9C%10(C)C)cc87)nc(-n7c8ccccc8c8ccc(-c9ccc%10c(c9)-c9ccccc9C%10(C)C)cc87)n6)cc5)c4c3)ccc21. The second kappa shape index (κ2) is 19.7. The van der Waals surface area contributed by atoms with Crippen LogP contribution in [0.4, 0.5) is 0 Å². The molecule has 0 bridgehead atoms. The predicted molar refractivity (Wildman–Crippen MR) is 397 cm³/mol. The van der Waals surface area contributed by atoms with Crippen LogP contribution in [0.2, 0.25) is 0 Å². The van der Waals surface area contributed by atoms with Crippen molar-refractivity contribution >= 4 is 65.4 Å². The molecule has 6 heteroatoms. The summed E-state index contributed by atoms with van der Waals surface area (Å²) >= 11 is 0. The Morgan fingerprint density at radius 1 is 0.219 bits per heavy atom. The first-order valence-corrected chi connectivity index (χ1v) is 33.6. The van der Waals surface area contributed by atoms with Crippen molar-refractivity contribution in [3.05, 3.63) is 312 Å². The third-order valence-corrected chi connectivity index (χ3v) is 22.2. The van der Waals surface area contributed by atoms with Gasteiger partial charge in [-0.3, -0.25) is 9.13 Å². The molecule has 20 rings (SSSR count). The van der Waals surface area contributed by atoms with E-state index in [2.05, 4.69) is 334 Å². The lowest BCUT2D eigenvalue weighted by Crippen LogP contribution is -2.14. The summed E-state index contributed by atoms with van der Waals surface area (Å²) in [5, 5.41) is 6.90. The molecule has 0 radical (unpaired) electrons. The Hall–Kier alpha value is -11.7. The Kier molecular flexibility index (Phi) is 11.2. The molecule has 0 saturated heterocycles. The Morgan fingerprint density at radius 3 is 0.885 bits per heavy atom. The van der Waals surface area contributed by atoms with Crippen molar-refractivity contribution in [1.29, 1.82) is 0 Å². The van der Waals surface area contributed by atoms with Crippen molar-refractivity contribution < 1.29 is 0 Å². The van der Waals surface area contributed by atoms with Crippen LogP contribution in [-0.2, 0) is 16.2 Å². The predicted octanol–water partition coefficient (Wildman–Crippen LogP) is 22.7. The van der Waals surface area contributed by atoms with Crippen molar-refractivity contribution in [2.45, 2.75) is 57.8 Å². The number of benzene rings is 13. The molecule has 0 aliphatic heterocycles. The summed E-state index contributed by atoms with van der Waals surface area (Å²) in [6, 6.07) is 104. The number of hydrogen-bond donors (Lipinski definition) is 0. The van der Waals surface area contributed by atoms with Crippen molar-refractivity contribution in [2.75, 3.05) is 0 Å². The molecule has 0 amide bonds. The Morgan fingerprint density at radius 2 is 0.500 bits per heavy atom. The van der Waals surface area contributed by atoms with Gasteiger partial charge in [0.15, 0.2) is 5.82 Å². The number of aromatic nitrogens is 6. The van der Waals surface area contributed by atoms with Gasteiger partial charge in [-0.25, -0.2) is 0 Å². The van der Waals surface area contributed by atoms with E-state index in [1.165, 1.54) is 88.7 Å². The lowest BCUT2D eigenvalue weighted by Gasteiger charge is -2.21. The van der Waals surface area contributed by atoms with Gasteiger partial charge in [0.05, 0.1) is 33.1 Å². The van der Waals surface area contributed by atoms with Gasteiger partial charge in [0.1, 0.15) is 0 Å². The second-order valence-corrected chi connectivity index (χ2v) is 28.4. The van der Waals surface area contributed by atoms with Crippen molar-refractivity contribution in [3.8, 4) is 95.7 Å². The highest BCUT2D eigenvalue weighted by Crippen LogP contribution is 2.53. The van der Waals surface area contributed by atoms with Crippen LogP contribution in [0.3, 0.4) is 0 Å². The summed E-state index contributed by atoms with van der Waals surface area (Å²) in [6.07, 6.45) is 0. The smallest absolute Gasteiger partial charge is 0.240 e. The molecule has 13 aromatic carbocycles. The number of rotatable bonds is 7. The normalized spacial score (nSPS) is 14.4. The van der Waals surface area contributed by atoms with Gasteiger partial charge in [0, 0.05) is 59.8 Å². The molecule has 96 heavy (non-hydrogen) atoms. The third-order valence-electron chi connectivity index (χ3n) is 22.2. The van der Waals surface area contributed by atoms with Gasteiger partial charge in [-0.1, -0.05) is 242 Å². The summed E-state index contributed by atoms with van der Waals surface area (Å²) in [6.45, 7) is 14.1. The van der Waals surface area contributed by atoms with Gasteiger partial charge in [0.2, 0.25) is 11.9 Å². The molecule has 0 atom stereocenters. The third kappa shape index (κ3) is 7.66. The van der Waals surface area contributed by atoms with Crippen LogP contribution < -0.4 is 0 Å². The van der Waals surface area contributed by atoms with Crippen LogP contribution >= 0.6 is 0 Å². The fourth-order valence-corrected chi connectivity index (χ4v) is 17.3. The highest BCUT2D eigenvalue weighted by Gasteiger charge is 2.38. The van der Waals surface area contributed by atoms with Gasteiger partial charge < -0.3 is 4.57 Å². The van der Waals surface area contributed by atoms with Crippen LogP contribution in [0.15, 0.2) is 279 Å². The zero-order chi connectivity index (χ0) is 64.1. The van der Waals surface area contributed by atoms with Gasteiger partial charge in [-0.15, -0.1) is 0 Å². The first kappa shape index (κ1) is 54.8. The average molecular weight is 1230 g/mol. The molecule has 4 aromatic heterocycles. The van der Waals surface area contributed by atoms with E-state index in [1.807, 2.05) is 0 Å². The molecule has 454 valence electrons. The maximum absolute atomic E-state index is 5.72. The van der Waals surface area contributed by atoms with Crippen molar-refractivity contribution in [1.82, 2.24) is 28.7 Å². The van der Waals surface area contributed by atoms with E-state index in [4.69, 9.17) is 15.0 Å². The first-order chi connectivity index (χ1) is 46.8. The van der Waals surface area contributed by atoms with E-state index in [0.717, 1.165) is 88.1 Å². The van der Waals surface area contributed by atoms with E-state index < -0.39 is 0 Å². The van der Waals surface area contributed by atoms with Gasteiger partial charge in [-0.05, 0) is 179 Å². The monoisotopic (exact) mass is 1230 g/mol. The average Bonchev–Trinajstić information content (AvgIpc) is 1.61. The molecule has 3 aliphatic carbocycles. The maximum Gasteiger partial charge on any atom is 0.240 e. The van der Waals surface area contributed by atoms with Crippen LogP contribution in [0, 0.1) is 0 Å². The zero-order valence-corrected chi connectivity index (χ0v) is 54.2. The molecule has 0 N–H and O–H groups in total. The van der Waals surface area contributed by atoms with Crippen LogP contribution in [0.25, 0.3) is 161 Å². The van der Waals surface area contributed by atoms with Crippen LogP contribution in [-0.4, -0.2) is 28.7 Å². The van der Waals surface area contributed by atoms with Gasteiger partial charge >= 0.3 is 0 Å². The fraction of sp³-hybridized carbons (Fsp3) is 0.100. The molecule has 0 saturated carbocycles. The Bertz CT molecular complexity index is 6000. The lowest BCUT2D eigenvalue weighted by molar-refractivity contribution is 0.660. The molecule has 6 nitrogen and oxygen atoms in total. The Balaban J connectivity index is 0.778. The maximum atomic E-state index is 5.72. The van der Waals surface area contributed by atoms with E-state index >= 15 is 0 Å². The van der Waals surface area contributed by atoms with Crippen molar-refractivity contribution in [3.63, 3.8) is 0 Å². The fourth-order valence-electron chi connectivity index (χ4n) is 17.3. The van der Waals surface area contributed by atoms with E-state index in [1.54, 1.807) is 0 Å². The summed E-state index contributed by atoms with van der Waals surface area (Å²) in [5.41, 5.74) is 31.0. The number of hydrogen-bond acceptors (Lipinski definition) is 3. The first-order valence-electron chi connectivity index (χ1n) is 33.6. The lowest BCUT2D eigenvalue weighted by atomic mass is 9.82. The molecule has 0 spiro atoms. The molecule has 0 unspecified atom stereocenters. The molecule has 3 aliphatic rings. The van der Waals surface area contributed by atoms with E-state index in [0.29, 0.717) is 17.7 Å². The topological polar surface area (TPSA) is 53.5 Å². The molecular weight excluding hydrogens is 1170 g/mol. The van der Waals surface area contributed by atoms with E-state index in [-0.39, 0.29) is 16.2 Å². The van der Waals surface area contributed by atoms with Crippen LogP contribution in [0.1, 0.15) is 74.9 Å². The molecule has 4 heterocycles. The highest BCUT2D eigenvalue weighted by molar-refractivity contribution is 6.13. The number of nitrogens with zero attached hydrogens (tertiary/aromatic N) is 6. The minimum atomic E-state index is -0.0934. The summed E-state index contributed by atoms with van der Waals surface area (Å²) in [7, 11) is 0. The summed E-state index contributed by atoms with van der Waals surface area (Å²) in [4.78, 5) is 17.0. The highest BCUT2D eigenvalue weighted by atomic mass is 15.3. The minimum absolute atomic E-state index is 0.0626. The van der Waals surface area contributed by atoms with Gasteiger partial charge in [0.25, 0.3) is 0 Å². The number of fused-ring (bicyclic) bond motifs is 18. The molecule has 0 fully saturated rings. The summed E-state index contributed by atoms with van der Waals surface area (Å²) < 4.78 is 6.95. The summed E-state index contributed by atoms with van der Waals surface area (Å²) in [5.74, 6) is 1.63. The quantitative estimate of drug-likeness (QED) is 0.160. The molecule has 17 aromatic rings. The van der Waals surface area contributed by atoms with Gasteiger partial charge in [-0.2, -0.15) is 15.0 Å². The Labute approximate surface area is 556 Å². The number of para-hydroxylation sites is 3. The van der Waals surface area contributed by atoms with E-state index in [9.17, 15) is 0 Å².